The van der Waals surface area contributed by atoms with Crippen molar-refractivity contribution < 1.29 is 4.79 Å². The molecular weight excluding hydrogens is 250 g/mol. The van der Waals surface area contributed by atoms with E-state index in [2.05, 4.69) is 27.8 Å². The molecule has 4 nitrogen and oxygen atoms in total. The maximum Gasteiger partial charge on any atom is 0.225 e. The van der Waals surface area contributed by atoms with Crippen LogP contribution in [0.2, 0.25) is 0 Å². The van der Waals surface area contributed by atoms with Crippen molar-refractivity contribution in [3.8, 4) is 0 Å². The molecule has 1 aliphatic heterocycles. The number of hydrogen-bond donors (Lipinski definition) is 2. The Morgan fingerprint density at radius 2 is 2.25 bits per heavy atom. The molecule has 1 aromatic heterocycles. The van der Waals surface area contributed by atoms with E-state index in [-0.39, 0.29) is 11.8 Å². The van der Waals surface area contributed by atoms with E-state index in [1.165, 1.54) is 5.56 Å². The molecule has 2 N–H and O–H groups in total. The summed E-state index contributed by atoms with van der Waals surface area (Å²) in [7, 11) is 0. The zero-order valence-corrected chi connectivity index (χ0v) is 11.4. The lowest BCUT2D eigenvalue weighted by Crippen LogP contribution is -2.16. The van der Waals surface area contributed by atoms with Crippen LogP contribution in [0.4, 0.5) is 11.4 Å². The number of carbonyl (C=O) groups is 1. The van der Waals surface area contributed by atoms with E-state index >= 15 is 0 Å². The van der Waals surface area contributed by atoms with Gasteiger partial charge in [-0.05, 0) is 30.2 Å². The van der Waals surface area contributed by atoms with Crippen LogP contribution in [0.1, 0.15) is 23.5 Å². The van der Waals surface area contributed by atoms with Crippen molar-refractivity contribution in [3.63, 3.8) is 0 Å². The Balaban J connectivity index is 1.66. The van der Waals surface area contributed by atoms with Gasteiger partial charge in [0.1, 0.15) is 0 Å². The molecule has 2 aromatic rings. The minimum atomic E-state index is 0.0286. The minimum absolute atomic E-state index is 0.0286. The molecule has 0 saturated carbocycles. The highest BCUT2D eigenvalue weighted by Gasteiger charge is 2.23. The van der Waals surface area contributed by atoms with Crippen LogP contribution in [0.25, 0.3) is 0 Å². The number of fused-ring (bicyclic) bond motifs is 1. The van der Waals surface area contributed by atoms with Gasteiger partial charge in [0.2, 0.25) is 5.91 Å². The van der Waals surface area contributed by atoms with Crippen molar-refractivity contribution in [1.82, 2.24) is 4.98 Å². The number of aryl methyl sites for hydroxylation is 1. The van der Waals surface area contributed by atoms with Gasteiger partial charge in [-0.2, -0.15) is 0 Å². The zero-order chi connectivity index (χ0) is 13.9. The fraction of sp³-hybridized carbons (Fsp3) is 0.250. The molecular formula is C16H17N3O. The Bertz CT molecular complexity index is 639. The lowest BCUT2D eigenvalue weighted by molar-refractivity contribution is -0.116. The van der Waals surface area contributed by atoms with Crippen LogP contribution >= 0.6 is 0 Å². The second kappa shape index (κ2) is 5.33. The molecule has 1 aromatic carbocycles. The third kappa shape index (κ3) is 2.64. The molecule has 1 aliphatic rings. The molecule has 1 amide bonds. The number of nitrogens with one attached hydrogen (secondary N) is 2. The van der Waals surface area contributed by atoms with E-state index in [0.717, 1.165) is 23.5 Å². The van der Waals surface area contributed by atoms with Gasteiger partial charge >= 0.3 is 0 Å². The smallest absolute Gasteiger partial charge is 0.225 e. The maximum absolute atomic E-state index is 12.1. The lowest BCUT2D eigenvalue weighted by Gasteiger charge is -2.10. The largest absolute Gasteiger partial charge is 0.384 e. The Labute approximate surface area is 118 Å². The summed E-state index contributed by atoms with van der Waals surface area (Å²) < 4.78 is 0. The van der Waals surface area contributed by atoms with Gasteiger partial charge in [-0.25, -0.2) is 0 Å². The summed E-state index contributed by atoms with van der Waals surface area (Å²) in [4.78, 5) is 16.2. The number of amides is 1. The summed E-state index contributed by atoms with van der Waals surface area (Å²) in [6.45, 7) is 2.78. The summed E-state index contributed by atoms with van der Waals surface area (Å²) in [5, 5.41) is 6.25. The second-order valence-electron chi connectivity index (χ2n) is 5.17. The number of carbonyl (C=O) groups excluding carboxylic acids is 1. The highest BCUT2D eigenvalue weighted by Crippen LogP contribution is 2.33. The Morgan fingerprint density at radius 3 is 3.10 bits per heavy atom. The molecule has 0 saturated heterocycles. The van der Waals surface area contributed by atoms with Crippen LogP contribution in [0, 0.1) is 6.92 Å². The molecule has 0 spiro atoms. The van der Waals surface area contributed by atoms with Crippen molar-refractivity contribution in [3.05, 3.63) is 53.9 Å². The quantitative estimate of drug-likeness (QED) is 0.899. The zero-order valence-electron chi connectivity index (χ0n) is 11.4. The molecule has 0 fully saturated rings. The van der Waals surface area contributed by atoms with E-state index in [9.17, 15) is 4.79 Å². The second-order valence-corrected chi connectivity index (χ2v) is 5.17. The van der Waals surface area contributed by atoms with E-state index in [4.69, 9.17) is 0 Å². The van der Waals surface area contributed by atoms with E-state index in [0.29, 0.717) is 6.42 Å². The van der Waals surface area contributed by atoms with Crippen molar-refractivity contribution in [1.29, 1.82) is 0 Å². The number of aromatic nitrogens is 1. The van der Waals surface area contributed by atoms with Crippen molar-refractivity contribution in [2.45, 2.75) is 19.3 Å². The molecule has 0 radical (unpaired) electrons. The van der Waals surface area contributed by atoms with Crippen LogP contribution in [-0.4, -0.2) is 17.4 Å². The number of benzene rings is 1. The third-order valence-corrected chi connectivity index (χ3v) is 3.53. The lowest BCUT2D eigenvalue weighted by atomic mass is 9.97. The van der Waals surface area contributed by atoms with E-state index in [1.807, 2.05) is 25.1 Å². The van der Waals surface area contributed by atoms with Crippen LogP contribution in [0.3, 0.4) is 0 Å². The number of nitrogens with zero attached hydrogens (tertiary/aromatic N) is 1. The van der Waals surface area contributed by atoms with Gasteiger partial charge in [0.15, 0.2) is 0 Å². The maximum atomic E-state index is 12.1. The average Bonchev–Trinajstić information content (AvgIpc) is 2.82. The summed E-state index contributed by atoms with van der Waals surface area (Å²) in [6, 6.07) is 10.1. The molecule has 0 aliphatic carbocycles. The Kier molecular flexibility index (Phi) is 3.37. The number of para-hydroxylation sites is 1. The number of anilines is 2. The number of rotatable bonds is 3. The molecule has 3 rings (SSSR count). The molecule has 1 atom stereocenters. The summed E-state index contributed by atoms with van der Waals surface area (Å²) in [5.74, 6) is 0.268. The number of pyridine rings is 1. The highest BCUT2D eigenvalue weighted by molar-refractivity contribution is 5.91. The van der Waals surface area contributed by atoms with Gasteiger partial charge < -0.3 is 10.6 Å². The monoisotopic (exact) mass is 267 g/mol. The summed E-state index contributed by atoms with van der Waals surface area (Å²) in [6.07, 6.45) is 3.93. The van der Waals surface area contributed by atoms with Crippen LogP contribution in [0.15, 0.2) is 42.7 Å². The Morgan fingerprint density at radius 1 is 1.40 bits per heavy atom. The third-order valence-electron chi connectivity index (χ3n) is 3.53. The average molecular weight is 267 g/mol. The van der Waals surface area contributed by atoms with Gasteiger partial charge in [-0.3, -0.25) is 9.78 Å². The van der Waals surface area contributed by atoms with Crippen molar-refractivity contribution in [2.24, 2.45) is 0 Å². The van der Waals surface area contributed by atoms with Gasteiger partial charge in [0, 0.05) is 30.8 Å². The van der Waals surface area contributed by atoms with Gasteiger partial charge in [0.25, 0.3) is 0 Å². The minimum Gasteiger partial charge on any atom is -0.384 e. The molecule has 2 heterocycles. The van der Waals surface area contributed by atoms with E-state index < -0.39 is 0 Å². The molecule has 4 heteroatoms. The standard InChI is InChI=1S/C16H17N3O/c1-11-6-13(10-17-8-11)19-16(20)7-12-9-18-15-5-3-2-4-14(12)15/h2-6,8,10,12,18H,7,9H2,1H3,(H,19,20). The van der Waals surface area contributed by atoms with E-state index in [1.54, 1.807) is 12.4 Å². The predicted molar refractivity (Wildman–Crippen MR) is 79.9 cm³/mol. The SMILES string of the molecule is Cc1cncc(NC(=O)CC2CNc3ccccc32)c1. The topological polar surface area (TPSA) is 54.0 Å². The first-order chi connectivity index (χ1) is 9.72. The van der Waals surface area contributed by atoms with Crippen molar-refractivity contribution in [2.75, 3.05) is 17.2 Å². The molecule has 102 valence electrons. The van der Waals surface area contributed by atoms with Crippen LogP contribution in [0.5, 0.6) is 0 Å². The predicted octanol–water partition coefficient (Wildman–Crippen LogP) is 2.93. The van der Waals surface area contributed by atoms with Crippen LogP contribution in [-0.2, 0) is 4.79 Å². The van der Waals surface area contributed by atoms with Crippen LogP contribution < -0.4 is 10.6 Å². The normalized spacial score (nSPS) is 16.4. The van der Waals surface area contributed by atoms with Gasteiger partial charge in [-0.1, -0.05) is 18.2 Å². The molecule has 1 unspecified atom stereocenters. The van der Waals surface area contributed by atoms with Crippen molar-refractivity contribution >= 4 is 17.3 Å². The molecule has 0 bridgehead atoms. The summed E-state index contributed by atoms with van der Waals surface area (Å²) in [5.41, 5.74) is 4.16. The van der Waals surface area contributed by atoms with Gasteiger partial charge in [-0.15, -0.1) is 0 Å². The number of hydrogen-bond acceptors (Lipinski definition) is 3. The highest BCUT2D eigenvalue weighted by atomic mass is 16.1. The first-order valence-corrected chi connectivity index (χ1v) is 6.76. The molecule has 20 heavy (non-hydrogen) atoms. The fourth-order valence-electron chi connectivity index (χ4n) is 2.60. The first-order valence-electron chi connectivity index (χ1n) is 6.76. The first kappa shape index (κ1) is 12.7. The summed E-state index contributed by atoms with van der Waals surface area (Å²) >= 11 is 0. The Hall–Kier alpha value is -2.36. The fourth-order valence-corrected chi connectivity index (χ4v) is 2.60. The van der Waals surface area contributed by atoms with Gasteiger partial charge in [0.05, 0.1) is 11.9 Å².